The zero-order valence-corrected chi connectivity index (χ0v) is 15.3. The van der Waals surface area contributed by atoms with Gasteiger partial charge in [-0.05, 0) is 36.5 Å². The summed E-state index contributed by atoms with van der Waals surface area (Å²) in [5, 5.41) is 2.74. The van der Waals surface area contributed by atoms with E-state index in [0.29, 0.717) is 24.1 Å². The summed E-state index contributed by atoms with van der Waals surface area (Å²) in [5.74, 6) is 0.927. The predicted octanol–water partition coefficient (Wildman–Crippen LogP) is 3.38. The molecule has 6 heteroatoms. The minimum absolute atomic E-state index is 0.0341. The van der Waals surface area contributed by atoms with Gasteiger partial charge in [0.25, 0.3) is 0 Å². The SMILES string of the molecule is CC[C@@H](C)C(=O)Nc1ncc2c(n1)C[C@@H](c1ccc(OC)cc1)CC2=O. The van der Waals surface area contributed by atoms with Gasteiger partial charge < -0.3 is 4.74 Å². The third kappa shape index (κ3) is 3.74. The number of ether oxygens (including phenoxy) is 1. The van der Waals surface area contributed by atoms with Crippen LogP contribution in [0.2, 0.25) is 0 Å². The van der Waals surface area contributed by atoms with E-state index in [9.17, 15) is 9.59 Å². The van der Waals surface area contributed by atoms with Crippen molar-refractivity contribution in [3.8, 4) is 5.75 Å². The van der Waals surface area contributed by atoms with Crippen LogP contribution in [0.15, 0.2) is 30.5 Å². The van der Waals surface area contributed by atoms with Crippen molar-refractivity contribution in [2.45, 2.75) is 39.0 Å². The van der Waals surface area contributed by atoms with E-state index >= 15 is 0 Å². The third-order valence-electron chi connectivity index (χ3n) is 4.92. The number of nitrogens with zero attached hydrogens (tertiary/aromatic N) is 2. The zero-order valence-electron chi connectivity index (χ0n) is 15.3. The van der Waals surface area contributed by atoms with Gasteiger partial charge in [-0.25, -0.2) is 9.97 Å². The molecule has 2 atom stereocenters. The average molecular weight is 353 g/mol. The Morgan fingerprint density at radius 3 is 2.69 bits per heavy atom. The molecule has 0 unspecified atom stereocenters. The first-order valence-corrected chi connectivity index (χ1v) is 8.85. The summed E-state index contributed by atoms with van der Waals surface area (Å²) >= 11 is 0. The van der Waals surface area contributed by atoms with Gasteiger partial charge in [-0.3, -0.25) is 14.9 Å². The molecule has 1 aliphatic carbocycles. The number of aromatic nitrogens is 2. The largest absolute Gasteiger partial charge is 0.497 e. The molecule has 1 aliphatic rings. The maximum atomic E-state index is 12.5. The van der Waals surface area contributed by atoms with Crippen LogP contribution in [0.4, 0.5) is 5.95 Å². The first kappa shape index (κ1) is 18.0. The van der Waals surface area contributed by atoms with Gasteiger partial charge in [0.15, 0.2) is 5.78 Å². The Morgan fingerprint density at radius 2 is 2.04 bits per heavy atom. The highest BCUT2D eigenvalue weighted by Gasteiger charge is 2.28. The molecule has 136 valence electrons. The van der Waals surface area contributed by atoms with Gasteiger partial charge in [0, 0.05) is 18.5 Å². The molecule has 1 amide bonds. The number of hydrogen-bond acceptors (Lipinski definition) is 5. The number of Topliss-reactive ketones (excluding diaryl/α,β-unsaturated/α-hetero) is 1. The van der Waals surface area contributed by atoms with E-state index in [1.807, 2.05) is 38.1 Å². The van der Waals surface area contributed by atoms with Crippen molar-refractivity contribution in [1.82, 2.24) is 9.97 Å². The lowest BCUT2D eigenvalue weighted by molar-refractivity contribution is -0.119. The van der Waals surface area contributed by atoms with E-state index in [4.69, 9.17) is 4.74 Å². The molecule has 1 heterocycles. The molecule has 0 fully saturated rings. The van der Waals surface area contributed by atoms with Crippen molar-refractivity contribution in [1.29, 1.82) is 0 Å². The van der Waals surface area contributed by atoms with Crippen molar-refractivity contribution in [2.75, 3.05) is 12.4 Å². The topological polar surface area (TPSA) is 81.2 Å². The van der Waals surface area contributed by atoms with Crippen molar-refractivity contribution in [3.05, 3.63) is 47.3 Å². The van der Waals surface area contributed by atoms with Crippen molar-refractivity contribution < 1.29 is 14.3 Å². The fourth-order valence-corrected chi connectivity index (χ4v) is 3.04. The van der Waals surface area contributed by atoms with Crippen LogP contribution in [0.3, 0.4) is 0 Å². The van der Waals surface area contributed by atoms with E-state index in [1.54, 1.807) is 7.11 Å². The van der Waals surface area contributed by atoms with Crippen molar-refractivity contribution in [2.24, 2.45) is 5.92 Å². The predicted molar refractivity (Wildman–Crippen MR) is 98.5 cm³/mol. The smallest absolute Gasteiger partial charge is 0.229 e. The van der Waals surface area contributed by atoms with Gasteiger partial charge in [-0.1, -0.05) is 26.0 Å². The number of nitrogens with one attached hydrogen (secondary N) is 1. The maximum Gasteiger partial charge on any atom is 0.229 e. The number of fused-ring (bicyclic) bond motifs is 1. The second kappa shape index (κ2) is 7.64. The van der Waals surface area contributed by atoms with Gasteiger partial charge in [-0.2, -0.15) is 0 Å². The van der Waals surface area contributed by atoms with Crippen LogP contribution in [-0.4, -0.2) is 28.8 Å². The molecular formula is C20H23N3O3. The fourth-order valence-electron chi connectivity index (χ4n) is 3.04. The molecule has 6 nitrogen and oxygen atoms in total. The summed E-state index contributed by atoms with van der Waals surface area (Å²) in [7, 11) is 1.63. The van der Waals surface area contributed by atoms with E-state index in [-0.39, 0.29) is 29.5 Å². The van der Waals surface area contributed by atoms with Gasteiger partial charge in [-0.15, -0.1) is 0 Å². The first-order chi connectivity index (χ1) is 12.5. The van der Waals surface area contributed by atoms with E-state index in [2.05, 4.69) is 15.3 Å². The Balaban J connectivity index is 1.82. The van der Waals surface area contributed by atoms with E-state index in [1.165, 1.54) is 6.20 Å². The highest BCUT2D eigenvalue weighted by atomic mass is 16.5. The molecule has 1 aromatic carbocycles. The zero-order chi connectivity index (χ0) is 18.7. The lowest BCUT2D eigenvalue weighted by Gasteiger charge is -2.23. The fraction of sp³-hybridized carbons (Fsp3) is 0.400. The van der Waals surface area contributed by atoms with Crippen LogP contribution in [0, 0.1) is 5.92 Å². The Morgan fingerprint density at radius 1 is 1.31 bits per heavy atom. The Hall–Kier alpha value is -2.76. The lowest BCUT2D eigenvalue weighted by atomic mass is 9.82. The molecule has 2 aromatic rings. The average Bonchev–Trinajstić information content (AvgIpc) is 2.67. The number of carbonyl (C=O) groups excluding carboxylic acids is 2. The summed E-state index contributed by atoms with van der Waals surface area (Å²) in [5.41, 5.74) is 2.32. The number of anilines is 1. The normalized spacial score (nSPS) is 17.3. The highest BCUT2D eigenvalue weighted by molar-refractivity contribution is 5.99. The second-order valence-electron chi connectivity index (χ2n) is 6.65. The number of methoxy groups -OCH3 is 1. The van der Waals surface area contributed by atoms with Crippen LogP contribution in [0.1, 0.15) is 54.2 Å². The molecule has 0 saturated heterocycles. The van der Waals surface area contributed by atoms with Crippen LogP contribution in [0.5, 0.6) is 5.75 Å². The Bertz CT molecular complexity index is 818. The van der Waals surface area contributed by atoms with Gasteiger partial charge >= 0.3 is 0 Å². The standard InChI is InChI=1S/C20H23N3O3/c1-4-12(2)19(25)23-20-21-11-16-17(22-20)9-14(10-18(16)24)13-5-7-15(26-3)8-6-13/h5-8,11-12,14H,4,9-10H2,1-3H3,(H,21,22,23,25)/t12-,14-/m1/s1. The number of ketones is 1. The summed E-state index contributed by atoms with van der Waals surface area (Å²) in [6.45, 7) is 3.81. The van der Waals surface area contributed by atoms with E-state index in [0.717, 1.165) is 17.7 Å². The summed E-state index contributed by atoms with van der Waals surface area (Å²) in [6.07, 6.45) is 3.35. The summed E-state index contributed by atoms with van der Waals surface area (Å²) in [4.78, 5) is 33.1. The molecule has 0 saturated carbocycles. The first-order valence-electron chi connectivity index (χ1n) is 8.85. The van der Waals surface area contributed by atoms with E-state index < -0.39 is 0 Å². The number of benzene rings is 1. The maximum absolute atomic E-state index is 12.5. The van der Waals surface area contributed by atoms with Crippen LogP contribution >= 0.6 is 0 Å². The Kier molecular flexibility index (Phi) is 5.30. The molecule has 1 N–H and O–H groups in total. The molecule has 0 spiro atoms. The van der Waals surface area contributed by atoms with Crippen molar-refractivity contribution in [3.63, 3.8) is 0 Å². The van der Waals surface area contributed by atoms with Crippen LogP contribution in [0.25, 0.3) is 0 Å². The summed E-state index contributed by atoms with van der Waals surface area (Å²) in [6, 6.07) is 7.75. The number of amides is 1. The summed E-state index contributed by atoms with van der Waals surface area (Å²) < 4.78 is 5.19. The highest BCUT2D eigenvalue weighted by Crippen LogP contribution is 2.32. The molecule has 0 radical (unpaired) electrons. The van der Waals surface area contributed by atoms with Gasteiger partial charge in [0.2, 0.25) is 11.9 Å². The minimum Gasteiger partial charge on any atom is -0.497 e. The van der Waals surface area contributed by atoms with Crippen LogP contribution < -0.4 is 10.1 Å². The second-order valence-corrected chi connectivity index (χ2v) is 6.65. The number of rotatable bonds is 5. The third-order valence-corrected chi connectivity index (χ3v) is 4.92. The quantitative estimate of drug-likeness (QED) is 0.891. The minimum atomic E-state index is -0.110. The molecule has 26 heavy (non-hydrogen) atoms. The van der Waals surface area contributed by atoms with Crippen LogP contribution in [-0.2, 0) is 11.2 Å². The number of carbonyl (C=O) groups is 2. The monoisotopic (exact) mass is 353 g/mol. The molecule has 0 bridgehead atoms. The number of hydrogen-bond donors (Lipinski definition) is 1. The van der Waals surface area contributed by atoms with Gasteiger partial charge in [0.05, 0.1) is 18.4 Å². The van der Waals surface area contributed by atoms with Crippen molar-refractivity contribution >= 4 is 17.6 Å². The molecule has 3 rings (SSSR count). The van der Waals surface area contributed by atoms with Gasteiger partial charge in [0.1, 0.15) is 5.75 Å². The Labute approximate surface area is 153 Å². The molecule has 1 aromatic heterocycles. The lowest BCUT2D eigenvalue weighted by Crippen LogP contribution is -2.24. The molecule has 0 aliphatic heterocycles. The molecular weight excluding hydrogens is 330 g/mol.